The Kier molecular flexibility index (Phi) is 3.93. The van der Waals surface area contributed by atoms with Crippen LogP contribution in [0, 0.1) is 11.8 Å². The van der Waals surface area contributed by atoms with Crippen molar-refractivity contribution in [2.24, 2.45) is 0 Å². The van der Waals surface area contributed by atoms with Crippen LogP contribution in [-0.4, -0.2) is 12.6 Å². The van der Waals surface area contributed by atoms with Gasteiger partial charge in [-0.3, -0.25) is 4.79 Å². The van der Waals surface area contributed by atoms with Crippen molar-refractivity contribution in [2.75, 3.05) is 6.79 Å². The highest BCUT2D eigenvalue weighted by atomic mass is 16.7. The SMILES string of the molecule is C=CCC(=O)c1cc2c(cc1C#Cc1ccccc1)OCO2. The second-order valence-corrected chi connectivity index (χ2v) is 4.78. The smallest absolute Gasteiger partial charge is 0.231 e. The van der Waals surface area contributed by atoms with Gasteiger partial charge in [0.05, 0.1) is 0 Å². The van der Waals surface area contributed by atoms with Crippen LogP contribution < -0.4 is 9.47 Å². The number of carbonyl (C=O) groups is 1. The molecule has 1 heterocycles. The monoisotopic (exact) mass is 290 g/mol. The Morgan fingerprint density at radius 3 is 2.59 bits per heavy atom. The Hall–Kier alpha value is -2.99. The number of hydrogen-bond acceptors (Lipinski definition) is 3. The second-order valence-electron chi connectivity index (χ2n) is 4.78. The van der Waals surface area contributed by atoms with Gasteiger partial charge >= 0.3 is 0 Å². The van der Waals surface area contributed by atoms with Gasteiger partial charge in [0, 0.05) is 29.2 Å². The fraction of sp³-hybridized carbons (Fsp3) is 0.105. The number of carbonyl (C=O) groups excluding carboxylic acids is 1. The summed E-state index contributed by atoms with van der Waals surface area (Å²) in [7, 11) is 0. The summed E-state index contributed by atoms with van der Waals surface area (Å²) < 4.78 is 10.7. The Balaban J connectivity index is 2.04. The molecule has 0 aliphatic carbocycles. The summed E-state index contributed by atoms with van der Waals surface area (Å²) in [5, 5.41) is 0. The van der Waals surface area contributed by atoms with Crippen molar-refractivity contribution >= 4 is 5.78 Å². The molecule has 0 atom stereocenters. The molecular formula is C19H14O3. The Bertz CT molecular complexity index is 780. The van der Waals surface area contributed by atoms with Crippen LogP contribution in [0.3, 0.4) is 0 Å². The largest absolute Gasteiger partial charge is 0.454 e. The highest BCUT2D eigenvalue weighted by Crippen LogP contribution is 2.35. The molecule has 2 aromatic rings. The minimum Gasteiger partial charge on any atom is -0.454 e. The Morgan fingerprint density at radius 1 is 1.14 bits per heavy atom. The van der Waals surface area contributed by atoms with E-state index in [0.717, 1.165) is 5.56 Å². The number of allylic oxidation sites excluding steroid dienone is 1. The summed E-state index contributed by atoms with van der Waals surface area (Å²) >= 11 is 0. The van der Waals surface area contributed by atoms with Crippen LogP contribution in [0.25, 0.3) is 0 Å². The molecular weight excluding hydrogens is 276 g/mol. The van der Waals surface area contributed by atoms with Gasteiger partial charge in [-0.1, -0.05) is 36.1 Å². The summed E-state index contributed by atoms with van der Waals surface area (Å²) in [5.74, 6) is 7.29. The number of rotatable bonds is 3. The highest BCUT2D eigenvalue weighted by molar-refractivity contribution is 6.00. The zero-order chi connectivity index (χ0) is 15.4. The molecule has 0 amide bonds. The third-order valence-electron chi connectivity index (χ3n) is 3.26. The maximum Gasteiger partial charge on any atom is 0.231 e. The molecule has 0 N–H and O–H groups in total. The van der Waals surface area contributed by atoms with Crippen LogP contribution in [0.4, 0.5) is 0 Å². The minimum atomic E-state index is -0.0364. The maximum atomic E-state index is 12.2. The topological polar surface area (TPSA) is 35.5 Å². The Morgan fingerprint density at radius 2 is 1.86 bits per heavy atom. The summed E-state index contributed by atoms with van der Waals surface area (Å²) in [6.45, 7) is 3.78. The van der Waals surface area contributed by atoms with Crippen LogP contribution in [0.2, 0.25) is 0 Å². The average Bonchev–Trinajstić information content (AvgIpc) is 3.00. The van der Waals surface area contributed by atoms with E-state index in [4.69, 9.17) is 9.47 Å². The molecule has 3 rings (SSSR count). The molecule has 3 heteroatoms. The van der Waals surface area contributed by atoms with Crippen molar-refractivity contribution in [3.8, 4) is 23.3 Å². The van der Waals surface area contributed by atoms with Gasteiger partial charge < -0.3 is 9.47 Å². The lowest BCUT2D eigenvalue weighted by molar-refractivity contribution is 0.0995. The highest BCUT2D eigenvalue weighted by Gasteiger charge is 2.19. The van der Waals surface area contributed by atoms with Gasteiger partial charge in [0.2, 0.25) is 6.79 Å². The van der Waals surface area contributed by atoms with Crippen molar-refractivity contribution in [1.82, 2.24) is 0 Å². The molecule has 0 saturated carbocycles. The van der Waals surface area contributed by atoms with Crippen molar-refractivity contribution in [1.29, 1.82) is 0 Å². The number of benzene rings is 2. The predicted molar refractivity (Wildman–Crippen MR) is 84.1 cm³/mol. The second kappa shape index (κ2) is 6.19. The molecule has 108 valence electrons. The third kappa shape index (κ3) is 2.87. The molecule has 0 saturated heterocycles. The Labute approximate surface area is 129 Å². The van der Waals surface area contributed by atoms with E-state index in [1.807, 2.05) is 30.3 Å². The zero-order valence-electron chi connectivity index (χ0n) is 12.0. The van der Waals surface area contributed by atoms with E-state index in [1.165, 1.54) is 0 Å². The van der Waals surface area contributed by atoms with Crippen LogP contribution in [-0.2, 0) is 0 Å². The molecule has 0 spiro atoms. The molecule has 0 fully saturated rings. The zero-order valence-corrected chi connectivity index (χ0v) is 12.0. The number of ether oxygens (including phenoxy) is 2. The normalized spacial score (nSPS) is 11.5. The van der Waals surface area contributed by atoms with E-state index in [1.54, 1.807) is 18.2 Å². The molecule has 22 heavy (non-hydrogen) atoms. The maximum absolute atomic E-state index is 12.2. The van der Waals surface area contributed by atoms with Crippen LogP contribution >= 0.6 is 0 Å². The van der Waals surface area contributed by atoms with Gasteiger partial charge in [-0.05, 0) is 18.2 Å². The van der Waals surface area contributed by atoms with E-state index < -0.39 is 0 Å². The quantitative estimate of drug-likeness (QED) is 0.492. The van der Waals surface area contributed by atoms with E-state index in [-0.39, 0.29) is 19.0 Å². The van der Waals surface area contributed by atoms with Gasteiger partial charge in [0.25, 0.3) is 0 Å². The minimum absolute atomic E-state index is 0.0364. The first-order valence-corrected chi connectivity index (χ1v) is 6.93. The molecule has 0 bridgehead atoms. The lowest BCUT2D eigenvalue weighted by atomic mass is 10.0. The van der Waals surface area contributed by atoms with E-state index in [0.29, 0.717) is 22.6 Å². The fourth-order valence-corrected chi connectivity index (χ4v) is 2.18. The van der Waals surface area contributed by atoms with E-state index in [2.05, 4.69) is 18.4 Å². The molecule has 0 aromatic heterocycles. The predicted octanol–water partition coefficient (Wildman–Crippen LogP) is 3.57. The molecule has 1 aliphatic rings. The van der Waals surface area contributed by atoms with Crippen molar-refractivity contribution in [3.63, 3.8) is 0 Å². The van der Waals surface area contributed by atoms with Crippen molar-refractivity contribution in [2.45, 2.75) is 6.42 Å². The summed E-state index contributed by atoms with van der Waals surface area (Å²) in [4.78, 5) is 12.2. The van der Waals surface area contributed by atoms with Gasteiger partial charge in [-0.15, -0.1) is 6.58 Å². The lowest BCUT2D eigenvalue weighted by Crippen LogP contribution is -2.01. The van der Waals surface area contributed by atoms with Crippen molar-refractivity contribution in [3.05, 3.63) is 71.8 Å². The fourth-order valence-electron chi connectivity index (χ4n) is 2.18. The summed E-state index contributed by atoms with van der Waals surface area (Å²) in [6, 6.07) is 13.1. The first-order valence-electron chi connectivity index (χ1n) is 6.93. The molecule has 1 aliphatic heterocycles. The number of fused-ring (bicyclic) bond motifs is 1. The van der Waals surface area contributed by atoms with Crippen LogP contribution in [0.1, 0.15) is 27.9 Å². The number of Topliss-reactive ketones (excluding diaryl/α,β-unsaturated/α-hetero) is 1. The van der Waals surface area contributed by atoms with Crippen molar-refractivity contribution < 1.29 is 14.3 Å². The number of hydrogen-bond donors (Lipinski definition) is 0. The molecule has 0 radical (unpaired) electrons. The van der Waals surface area contributed by atoms with E-state index >= 15 is 0 Å². The van der Waals surface area contributed by atoms with Gasteiger partial charge in [-0.25, -0.2) is 0 Å². The molecule has 0 unspecified atom stereocenters. The molecule has 3 nitrogen and oxygen atoms in total. The van der Waals surface area contributed by atoms with Gasteiger partial charge in [0.15, 0.2) is 17.3 Å². The van der Waals surface area contributed by atoms with E-state index in [9.17, 15) is 4.79 Å². The van der Waals surface area contributed by atoms with Crippen LogP contribution in [0.5, 0.6) is 11.5 Å². The third-order valence-corrected chi connectivity index (χ3v) is 3.26. The number of ketones is 1. The standard InChI is InChI=1S/C19H14O3/c1-2-6-17(20)16-12-19-18(21-13-22-19)11-15(16)10-9-14-7-4-3-5-8-14/h2-5,7-8,11-12H,1,6,13H2. The van der Waals surface area contributed by atoms with Gasteiger partial charge in [-0.2, -0.15) is 0 Å². The average molecular weight is 290 g/mol. The van der Waals surface area contributed by atoms with Crippen LogP contribution in [0.15, 0.2) is 55.1 Å². The molecule has 2 aromatic carbocycles. The first-order chi connectivity index (χ1) is 10.8. The summed E-state index contributed by atoms with van der Waals surface area (Å²) in [6.07, 6.45) is 1.85. The lowest BCUT2D eigenvalue weighted by Gasteiger charge is -2.04. The first kappa shape index (κ1) is 14.0. The van der Waals surface area contributed by atoms with Gasteiger partial charge in [0.1, 0.15) is 0 Å². The summed E-state index contributed by atoms with van der Waals surface area (Å²) in [5.41, 5.74) is 2.06.